The summed E-state index contributed by atoms with van der Waals surface area (Å²) in [6.45, 7) is -0.0366. The van der Waals surface area contributed by atoms with Crippen LogP contribution in [-0.2, 0) is 14.5 Å². The molecule has 14 heavy (non-hydrogen) atoms. The number of nitrogens with zero attached hydrogens (tertiary/aromatic N) is 1. The summed E-state index contributed by atoms with van der Waals surface area (Å²) in [4.78, 5) is 10.7. The van der Waals surface area contributed by atoms with Crippen molar-refractivity contribution in [2.24, 2.45) is 5.92 Å². The minimum Gasteiger partial charge on any atom is -0.464 e. The molecule has 0 spiro atoms. The highest BCUT2D eigenvalue weighted by atomic mass is 32.2. The van der Waals surface area contributed by atoms with E-state index in [1.54, 1.807) is 0 Å². The molecule has 0 aromatic heterocycles. The number of hydrogen-bond donors (Lipinski definition) is 1. The van der Waals surface area contributed by atoms with E-state index in [2.05, 4.69) is 4.18 Å². The zero-order chi connectivity index (χ0) is 10.3. The summed E-state index contributed by atoms with van der Waals surface area (Å²) in [6.07, 6.45) is 1.26. The maximum absolute atomic E-state index is 11.1. The Labute approximate surface area is 81.7 Å². The first-order valence-corrected chi connectivity index (χ1v) is 5.79. The molecule has 2 aliphatic rings. The number of carboxylic acid groups (broad SMARTS) is 1. The quantitative estimate of drug-likeness (QED) is 0.730. The molecule has 7 heteroatoms. The summed E-state index contributed by atoms with van der Waals surface area (Å²) in [5.41, 5.74) is 0. The molecule has 0 aromatic carbocycles. The van der Waals surface area contributed by atoms with Crippen molar-refractivity contribution >= 4 is 16.4 Å². The van der Waals surface area contributed by atoms with Gasteiger partial charge in [-0.15, -0.1) is 0 Å². The van der Waals surface area contributed by atoms with E-state index >= 15 is 0 Å². The highest BCUT2D eigenvalue weighted by Gasteiger charge is 2.44. The van der Waals surface area contributed by atoms with Crippen molar-refractivity contribution in [3.8, 4) is 0 Å². The molecule has 0 aromatic rings. The van der Waals surface area contributed by atoms with Gasteiger partial charge in [0.2, 0.25) is 0 Å². The highest BCUT2D eigenvalue weighted by molar-refractivity contribution is 7.85. The van der Waals surface area contributed by atoms with Crippen LogP contribution in [0.15, 0.2) is 0 Å². The van der Waals surface area contributed by atoms with Crippen molar-refractivity contribution in [1.29, 1.82) is 0 Å². The van der Waals surface area contributed by atoms with Crippen LogP contribution >= 0.6 is 0 Å². The van der Waals surface area contributed by atoms with Crippen molar-refractivity contribution in [2.75, 3.05) is 6.61 Å². The monoisotopic (exact) mass is 221 g/mol. The van der Waals surface area contributed by atoms with Crippen LogP contribution < -0.4 is 0 Å². The van der Waals surface area contributed by atoms with Gasteiger partial charge in [-0.05, 0) is 12.3 Å². The molecule has 1 atom stereocenters. The van der Waals surface area contributed by atoms with Gasteiger partial charge in [-0.1, -0.05) is 12.8 Å². The van der Waals surface area contributed by atoms with Crippen LogP contribution in [0.3, 0.4) is 0 Å². The number of amides is 1. The molecular weight excluding hydrogens is 210 g/mol. The largest absolute Gasteiger partial charge is 0.464 e. The maximum Gasteiger partial charge on any atom is 0.423 e. The Kier molecular flexibility index (Phi) is 2.15. The van der Waals surface area contributed by atoms with E-state index in [4.69, 9.17) is 5.11 Å². The molecule has 1 saturated carbocycles. The second-order valence-electron chi connectivity index (χ2n) is 3.65. The van der Waals surface area contributed by atoms with Crippen molar-refractivity contribution < 1.29 is 22.5 Å². The van der Waals surface area contributed by atoms with E-state index < -0.39 is 22.4 Å². The van der Waals surface area contributed by atoms with Crippen LogP contribution in [0.1, 0.15) is 19.3 Å². The fraction of sp³-hybridized carbons (Fsp3) is 0.857. The molecule has 1 N–H and O–H groups in total. The van der Waals surface area contributed by atoms with Crippen molar-refractivity contribution in [3.63, 3.8) is 0 Å². The SMILES string of the molecule is O=C(O)N1[C@@H](CC2CC2)COS1(=O)=O. The summed E-state index contributed by atoms with van der Waals surface area (Å²) in [7, 11) is -4.02. The highest BCUT2D eigenvalue weighted by Crippen LogP contribution is 2.37. The second kappa shape index (κ2) is 3.09. The summed E-state index contributed by atoms with van der Waals surface area (Å²) >= 11 is 0. The number of rotatable bonds is 2. The molecule has 1 aliphatic carbocycles. The van der Waals surface area contributed by atoms with Gasteiger partial charge in [-0.2, -0.15) is 12.7 Å². The van der Waals surface area contributed by atoms with Crippen molar-refractivity contribution in [3.05, 3.63) is 0 Å². The fourth-order valence-corrected chi connectivity index (χ4v) is 2.77. The second-order valence-corrected chi connectivity index (χ2v) is 5.14. The van der Waals surface area contributed by atoms with Crippen molar-refractivity contribution in [2.45, 2.75) is 25.3 Å². The number of carbonyl (C=O) groups is 1. The van der Waals surface area contributed by atoms with Crippen LogP contribution in [-0.4, -0.2) is 36.6 Å². The Hall–Kier alpha value is -0.820. The molecule has 1 saturated heterocycles. The third-order valence-corrected chi connectivity index (χ3v) is 3.84. The lowest BCUT2D eigenvalue weighted by Crippen LogP contribution is -2.38. The van der Waals surface area contributed by atoms with E-state index in [0.717, 1.165) is 12.8 Å². The standard InChI is InChI=1S/C7H11NO5S/c9-7(10)8-6(3-5-1-2-5)4-13-14(8,11)12/h5-6H,1-4H2,(H,9,10)/t6-/m0/s1. The Morgan fingerprint density at radius 3 is 2.64 bits per heavy atom. The van der Waals surface area contributed by atoms with Gasteiger partial charge in [0.05, 0.1) is 12.6 Å². The molecule has 1 amide bonds. The minimum atomic E-state index is -4.02. The third-order valence-electron chi connectivity index (χ3n) is 2.47. The van der Waals surface area contributed by atoms with Gasteiger partial charge in [0.25, 0.3) is 0 Å². The zero-order valence-electron chi connectivity index (χ0n) is 7.42. The average molecular weight is 221 g/mol. The lowest BCUT2D eigenvalue weighted by molar-refractivity contribution is 0.162. The van der Waals surface area contributed by atoms with Crippen LogP contribution in [0.5, 0.6) is 0 Å². The first-order chi connectivity index (χ1) is 6.50. The lowest BCUT2D eigenvalue weighted by atomic mass is 10.1. The van der Waals surface area contributed by atoms with Gasteiger partial charge in [0, 0.05) is 0 Å². The minimum absolute atomic E-state index is 0.0366. The zero-order valence-corrected chi connectivity index (χ0v) is 8.24. The Balaban J connectivity index is 2.13. The average Bonchev–Trinajstić information content (AvgIpc) is 2.77. The summed E-state index contributed by atoms with van der Waals surface area (Å²) < 4.78 is 27.2. The van der Waals surface area contributed by atoms with Crippen LogP contribution in [0.25, 0.3) is 0 Å². The summed E-state index contributed by atoms with van der Waals surface area (Å²) in [5.74, 6) is 0.471. The van der Waals surface area contributed by atoms with Gasteiger partial charge in [0.15, 0.2) is 0 Å². The molecule has 2 fully saturated rings. The summed E-state index contributed by atoms with van der Waals surface area (Å²) in [6, 6.07) is -0.523. The lowest BCUT2D eigenvalue weighted by Gasteiger charge is -2.16. The van der Waals surface area contributed by atoms with Gasteiger partial charge >= 0.3 is 16.4 Å². The molecule has 0 bridgehead atoms. The first-order valence-electron chi connectivity index (χ1n) is 4.42. The predicted octanol–water partition coefficient (Wildman–Crippen LogP) is 0.410. The molecule has 0 radical (unpaired) electrons. The number of hydrogen-bond acceptors (Lipinski definition) is 4. The predicted molar refractivity (Wildman–Crippen MR) is 45.9 cm³/mol. The first kappa shape index (κ1) is 9.72. The van der Waals surface area contributed by atoms with Gasteiger partial charge in [-0.25, -0.2) is 4.79 Å². The third kappa shape index (κ3) is 1.69. The van der Waals surface area contributed by atoms with E-state index in [1.807, 2.05) is 0 Å². The van der Waals surface area contributed by atoms with Gasteiger partial charge in [-0.3, -0.25) is 4.18 Å². The summed E-state index contributed by atoms with van der Waals surface area (Å²) in [5, 5.41) is 8.72. The molecular formula is C7H11NO5S. The molecule has 0 unspecified atom stereocenters. The van der Waals surface area contributed by atoms with Crippen LogP contribution in [0, 0.1) is 5.92 Å². The van der Waals surface area contributed by atoms with Crippen LogP contribution in [0.4, 0.5) is 4.79 Å². The van der Waals surface area contributed by atoms with E-state index in [1.165, 1.54) is 0 Å². The molecule has 80 valence electrons. The van der Waals surface area contributed by atoms with E-state index in [0.29, 0.717) is 16.6 Å². The van der Waals surface area contributed by atoms with E-state index in [-0.39, 0.29) is 6.61 Å². The van der Waals surface area contributed by atoms with Gasteiger partial charge in [0.1, 0.15) is 0 Å². The topological polar surface area (TPSA) is 83.9 Å². The fourth-order valence-electron chi connectivity index (χ4n) is 1.63. The van der Waals surface area contributed by atoms with Gasteiger partial charge < -0.3 is 5.11 Å². The van der Waals surface area contributed by atoms with Crippen molar-refractivity contribution in [1.82, 2.24) is 4.31 Å². The molecule has 2 rings (SSSR count). The Morgan fingerprint density at radius 1 is 1.50 bits per heavy atom. The smallest absolute Gasteiger partial charge is 0.423 e. The Morgan fingerprint density at radius 2 is 2.14 bits per heavy atom. The maximum atomic E-state index is 11.1. The molecule has 6 nitrogen and oxygen atoms in total. The normalized spacial score (nSPS) is 30.6. The van der Waals surface area contributed by atoms with E-state index in [9.17, 15) is 13.2 Å². The van der Waals surface area contributed by atoms with Crippen LogP contribution in [0.2, 0.25) is 0 Å². The Bertz CT molecular complexity index is 347. The molecule has 1 aliphatic heterocycles. The molecule has 1 heterocycles.